The smallest absolute Gasteiger partial charge is 0.252 e. The molecule has 1 heterocycles. The molecule has 1 N–H and O–H groups in total. The van der Waals surface area contributed by atoms with Crippen LogP contribution in [-0.4, -0.2) is 25.7 Å². The summed E-state index contributed by atoms with van der Waals surface area (Å²) < 4.78 is 5.12. The van der Waals surface area contributed by atoms with Crippen molar-refractivity contribution in [2.45, 2.75) is 6.92 Å². The molecule has 1 saturated heterocycles. The van der Waals surface area contributed by atoms with Gasteiger partial charge in [0.15, 0.2) is 0 Å². The number of nitrogens with one attached hydrogen (secondary N) is 1. The van der Waals surface area contributed by atoms with Gasteiger partial charge in [-0.25, -0.2) is 0 Å². The van der Waals surface area contributed by atoms with Gasteiger partial charge >= 0.3 is 0 Å². The molecule has 1 aromatic rings. The van der Waals surface area contributed by atoms with Gasteiger partial charge in [0.2, 0.25) is 0 Å². The largest absolute Gasteiger partial charge is 0.380 e. The number of hydrogen-bond donors (Lipinski definition) is 1. The van der Waals surface area contributed by atoms with E-state index in [1.165, 1.54) is 0 Å². The Kier molecular flexibility index (Phi) is 3.61. The number of halogens is 2. The van der Waals surface area contributed by atoms with E-state index in [-0.39, 0.29) is 11.3 Å². The molecule has 0 saturated carbocycles. The minimum Gasteiger partial charge on any atom is -0.380 e. The zero-order valence-corrected chi connectivity index (χ0v) is 10.9. The van der Waals surface area contributed by atoms with Gasteiger partial charge in [-0.05, 0) is 12.1 Å². The summed E-state index contributed by atoms with van der Waals surface area (Å²) in [6.45, 7) is 4.00. The van der Waals surface area contributed by atoms with Crippen molar-refractivity contribution in [3.05, 3.63) is 33.8 Å². The van der Waals surface area contributed by atoms with E-state index < -0.39 is 0 Å². The number of benzene rings is 1. The first kappa shape index (κ1) is 12.7. The van der Waals surface area contributed by atoms with Crippen LogP contribution in [-0.2, 0) is 4.74 Å². The van der Waals surface area contributed by atoms with E-state index in [2.05, 4.69) is 12.2 Å². The maximum atomic E-state index is 11.9. The average Bonchev–Trinajstić information content (AvgIpc) is 2.27. The number of carbonyl (C=O) groups is 1. The SMILES string of the molecule is CC1(CNC(=O)c2cccc(Cl)c2Cl)COC1. The fourth-order valence-corrected chi connectivity index (χ4v) is 2.01. The maximum absolute atomic E-state index is 11.9. The van der Waals surface area contributed by atoms with Gasteiger partial charge in [0.25, 0.3) is 5.91 Å². The van der Waals surface area contributed by atoms with Crippen molar-refractivity contribution in [3.63, 3.8) is 0 Å². The van der Waals surface area contributed by atoms with Crippen LogP contribution in [0.5, 0.6) is 0 Å². The molecular formula is C12H13Cl2NO2. The highest BCUT2D eigenvalue weighted by molar-refractivity contribution is 6.43. The fourth-order valence-electron chi connectivity index (χ4n) is 1.62. The second kappa shape index (κ2) is 4.84. The lowest BCUT2D eigenvalue weighted by Gasteiger charge is -2.38. The first-order valence-corrected chi connectivity index (χ1v) is 6.07. The quantitative estimate of drug-likeness (QED) is 0.920. The minimum atomic E-state index is -0.203. The van der Waals surface area contributed by atoms with E-state index in [9.17, 15) is 4.79 Å². The highest BCUT2D eigenvalue weighted by atomic mass is 35.5. The van der Waals surface area contributed by atoms with Gasteiger partial charge in [-0.2, -0.15) is 0 Å². The average molecular weight is 274 g/mol. The van der Waals surface area contributed by atoms with Crippen LogP contribution in [0.25, 0.3) is 0 Å². The molecular weight excluding hydrogens is 261 g/mol. The van der Waals surface area contributed by atoms with Gasteiger partial charge in [-0.15, -0.1) is 0 Å². The highest BCUT2D eigenvalue weighted by Gasteiger charge is 2.33. The van der Waals surface area contributed by atoms with Crippen LogP contribution >= 0.6 is 23.2 Å². The number of hydrogen-bond acceptors (Lipinski definition) is 2. The van der Waals surface area contributed by atoms with Gasteiger partial charge in [-0.3, -0.25) is 4.79 Å². The highest BCUT2D eigenvalue weighted by Crippen LogP contribution is 2.27. The van der Waals surface area contributed by atoms with Crippen LogP contribution in [0.3, 0.4) is 0 Å². The molecule has 2 rings (SSSR count). The summed E-state index contributed by atoms with van der Waals surface area (Å²) in [5, 5.41) is 3.53. The number of carbonyl (C=O) groups excluding carboxylic acids is 1. The van der Waals surface area contributed by atoms with Gasteiger partial charge in [0.1, 0.15) is 0 Å². The Hall–Kier alpha value is -0.770. The van der Waals surface area contributed by atoms with Crippen molar-refractivity contribution in [3.8, 4) is 0 Å². The summed E-state index contributed by atoms with van der Waals surface area (Å²) in [7, 11) is 0. The molecule has 1 aliphatic rings. The fraction of sp³-hybridized carbons (Fsp3) is 0.417. The molecule has 5 heteroatoms. The standard InChI is InChI=1S/C12H13Cl2NO2/c1-12(6-17-7-12)5-15-11(16)8-3-2-4-9(13)10(8)14/h2-4H,5-7H2,1H3,(H,15,16). The van der Waals surface area contributed by atoms with Gasteiger partial charge in [-0.1, -0.05) is 36.2 Å². The molecule has 0 spiro atoms. The summed E-state index contributed by atoms with van der Waals surface area (Å²) in [6, 6.07) is 5.02. The molecule has 3 nitrogen and oxygen atoms in total. The Morgan fingerprint density at radius 1 is 1.47 bits per heavy atom. The third-order valence-electron chi connectivity index (χ3n) is 2.77. The Morgan fingerprint density at radius 3 is 2.76 bits per heavy atom. The molecule has 1 aliphatic heterocycles. The summed E-state index contributed by atoms with van der Waals surface area (Å²) in [5.74, 6) is -0.203. The minimum absolute atomic E-state index is 0.0424. The predicted octanol–water partition coefficient (Wildman–Crippen LogP) is 2.76. The predicted molar refractivity (Wildman–Crippen MR) is 67.7 cm³/mol. The first-order chi connectivity index (χ1) is 8.02. The van der Waals surface area contributed by atoms with Crippen molar-refractivity contribution in [1.82, 2.24) is 5.32 Å². The second-order valence-corrected chi connectivity index (χ2v) is 5.37. The summed E-state index contributed by atoms with van der Waals surface area (Å²) in [6.07, 6.45) is 0. The molecule has 0 aliphatic carbocycles. The van der Waals surface area contributed by atoms with E-state index in [0.717, 1.165) is 0 Å². The molecule has 1 aromatic carbocycles. The van der Waals surface area contributed by atoms with Crippen molar-refractivity contribution < 1.29 is 9.53 Å². The van der Waals surface area contributed by atoms with Gasteiger partial charge < -0.3 is 10.1 Å². The molecule has 0 aromatic heterocycles. The zero-order valence-electron chi connectivity index (χ0n) is 9.43. The molecule has 92 valence electrons. The topological polar surface area (TPSA) is 38.3 Å². The number of ether oxygens (including phenoxy) is 1. The summed E-state index contributed by atoms with van der Waals surface area (Å²) in [5.41, 5.74) is 0.448. The maximum Gasteiger partial charge on any atom is 0.252 e. The first-order valence-electron chi connectivity index (χ1n) is 5.32. The third-order valence-corrected chi connectivity index (χ3v) is 3.59. The van der Waals surface area contributed by atoms with Crippen molar-refractivity contribution in [2.75, 3.05) is 19.8 Å². The van der Waals surface area contributed by atoms with Crippen LogP contribution in [0.15, 0.2) is 18.2 Å². The molecule has 0 radical (unpaired) electrons. The van der Waals surface area contributed by atoms with Crippen molar-refractivity contribution in [1.29, 1.82) is 0 Å². The second-order valence-electron chi connectivity index (χ2n) is 4.59. The Bertz CT molecular complexity index is 444. The monoisotopic (exact) mass is 273 g/mol. The van der Waals surface area contributed by atoms with Crippen LogP contribution in [0.4, 0.5) is 0 Å². The summed E-state index contributed by atoms with van der Waals surface area (Å²) >= 11 is 11.8. The van der Waals surface area contributed by atoms with Gasteiger partial charge in [0, 0.05) is 12.0 Å². The van der Waals surface area contributed by atoms with Crippen LogP contribution in [0.1, 0.15) is 17.3 Å². The van der Waals surface area contributed by atoms with E-state index in [1.807, 2.05) is 0 Å². The molecule has 0 unspecified atom stereocenters. The van der Waals surface area contributed by atoms with Crippen LogP contribution < -0.4 is 5.32 Å². The lowest BCUT2D eigenvalue weighted by molar-refractivity contribution is -0.0978. The van der Waals surface area contributed by atoms with Crippen LogP contribution in [0, 0.1) is 5.41 Å². The van der Waals surface area contributed by atoms with E-state index >= 15 is 0 Å². The lowest BCUT2D eigenvalue weighted by atomic mass is 9.88. The Balaban J connectivity index is 2.02. The molecule has 17 heavy (non-hydrogen) atoms. The summed E-state index contributed by atoms with van der Waals surface area (Å²) in [4.78, 5) is 11.9. The zero-order chi connectivity index (χ0) is 12.5. The lowest BCUT2D eigenvalue weighted by Crippen LogP contribution is -2.48. The number of amides is 1. The van der Waals surface area contributed by atoms with Gasteiger partial charge in [0.05, 0.1) is 28.8 Å². The Labute approximate surface area is 110 Å². The third kappa shape index (κ3) is 2.73. The van der Waals surface area contributed by atoms with E-state index in [4.69, 9.17) is 27.9 Å². The molecule has 1 fully saturated rings. The number of rotatable bonds is 3. The molecule has 0 atom stereocenters. The van der Waals surface area contributed by atoms with E-state index in [0.29, 0.717) is 35.4 Å². The molecule has 1 amide bonds. The van der Waals surface area contributed by atoms with Crippen molar-refractivity contribution in [2.24, 2.45) is 5.41 Å². The normalized spacial score (nSPS) is 17.4. The van der Waals surface area contributed by atoms with E-state index in [1.54, 1.807) is 18.2 Å². The molecule has 0 bridgehead atoms. The van der Waals surface area contributed by atoms with Crippen molar-refractivity contribution >= 4 is 29.1 Å². The van der Waals surface area contributed by atoms with Crippen LogP contribution in [0.2, 0.25) is 10.0 Å². The Morgan fingerprint density at radius 2 is 2.18 bits per heavy atom.